The summed E-state index contributed by atoms with van der Waals surface area (Å²) in [4.78, 5) is 21.1. The molecule has 2 N–H and O–H groups in total. The Bertz CT molecular complexity index is 472. The van der Waals surface area contributed by atoms with Crippen LogP contribution in [0.15, 0.2) is 18.2 Å². The summed E-state index contributed by atoms with van der Waals surface area (Å²) < 4.78 is 0. The quantitative estimate of drug-likeness (QED) is 0.840. The van der Waals surface area contributed by atoms with Gasteiger partial charge in [-0.25, -0.2) is 9.59 Å². The number of carbonyl (C=O) groups is 2. The highest BCUT2D eigenvalue weighted by atomic mass is 16.4. The van der Waals surface area contributed by atoms with Crippen LogP contribution in [0.1, 0.15) is 66.8 Å². The lowest BCUT2D eigenvalue weighted by Crippen LogP contribution is -2.04. The van der Waals surface area contributed by atoms with Crippen molar-refractivity contribution < 1.29 is 19.8 Å². The Kier molecular flexibility index (Phi) is 8.36. The topological polar surface area (TPSA) is 74.6 Å². The van der Waals surface area contributed by atoms with Crippen molar-refractivity contribution in [3.05, 3.63) is 34.9 Å². The number of rotatable bonds is 5. The van der Waals surface area contributed by atoms with Gasteiger partial charge in [-0.05, 0) is 36.5 Å². The largest absolute Gasteiger partial charge is 0.478 e. The predicted molar refractivity (Wildman–Crippen MR) is 84.0 cm³/mol. The summed E-state index contributed by atoms with van der Waals surface area (Å²) in [6.07, 6.45) is 2.66. The van der Waals surface area contributed by atoms with Crippen LogP contribution >= 0.6 is 0 Å². The summed E-state index contributed by atoms with van der Waals surface area (Å²) in [6, 6.07) is 4.01. The van der Waals surface area contributed by atoms with Crippen molar-refractivity contribution in [3.8, 4) is 0 Å². The highest BCUT2D eigenvalue weighted by Gasteiger charge is 2.10. The third-order valence-corrected chi connectivity index (χ3v) is 3.97. The van der Waals surface area contributed by atoms with Gasteiger partial charge in [-0.2, -0.15) is 0 Å². The second kappa shape index (κ2) is 9.16. The van der Waals surface area contributed by atoms with Gasteiger partial charge in [-0.1, -0.05) is 46.6 Å². The standard InChI is InChI=1S/C9H8O4.C8H18/c1-5-2-3-6(8(10)11)4-7(5)9(12)13;1-5-7(3)8(4)6-2/h2-4H,1H3,(H,10,11)(H,12,13);7-8H,5-6H2,1-4H3. The molecule has 2 unspecified atom stereocenters. The Morgan fingerprint density at radius 2 is 1.48 bits per heavy atom. The van der Waals surface area contributed by atoms with Gasteiger partial charge in [0.1, 0.15) is 0 Å². The summed E-state index contributed by atoms with van der Waals surface area (Å²) in [5.74, 6) is -0.400. The van der Waals surface area contributed by atoms with Crippen LogP contribution in [0, 0.1) is 18.8 Å². The van der Waals surface area contributed by atoms with Crippen LogP contribution in [0.3, 0.4) is 0 Å². The number of carboxylic acids is 2. The van der Waals surface area contributed by atoms with Crippen LogP contribution in [0.2, 0.25) is 0 Å². The zero-order valence-electron chi connectivity index (χ0n) is 13.5. The molecule has 1 aromatic rings. The van der Waals surface area contributed by atoms with E-state index in [-0.39, 0.29) is 11.1 Å². The van der Waals surface area contributed by atoms with Crippen molar-refractivity contribution in [1.82, 2.24) is 0 Å². The number of hydrogen-bond acceptors (Lipinski definition) is 2. The van der Waals surface area contributed by atoms with E-state index in [0.29, 0.717) is 5.56 Å². The van der Waals surface area contributed by atoms with Gasteiger partial charge in [0.25, 0.3) is 0 Å². The lowest BCUT2D eigenvalue weighted by Gasteiger charge is -2.14. The molecular weight excluding hydrogens is 268 g/mol. The molecule has 0 aliphatic rings. The Balaban J connectivity index is 0.000000433. The van der Waals surface area contributed by atoms with Gasteiger partial charge in [0, 0.05) is 0 Å². The van der Waals surface area contributed by atoms with Gasteiger partial charge in [-0.15, -0.1) is 0 Å². The van der Waals surface area contributed by atoms with Crippen molar-refractivity contribution in [1.29, 1.82) is 0 Å². The highest BCUT2D eigenvalue weighted by molar-refractivity contribution is 5.94. The molecule has 2 atom stereocenters. The molecule has 4 nitrogen and oxygen atoms in total. The fourth-order valence-electron chi connectivity index (χ4n) is 1.79. The average Bonchev–Trinajstić information content (AvgIpc) is 2.46. The minimum absolute atomic E-state index is 0.0111. The molecule has 0 amide bonds. The van der Waals surface area contributed by atoms with E-state index in [4.69, 9.17) is 10.2 Å². The number of hydrogen-bond donors (Lipinski definition) is 2. The van der Waals surface area contributed by atoms with Crippen molar-refractivity contribution in [2.24, 2.45) is 11.8 Å². The maximum absolute atomic E-state index is 10.6. The van der Waals surface area contributed by atoms with Crippen LogP contribution in [-0.2, 0) is 0 Å². The third kappa shape index (κ3) is 6.43. The Morgan fingerprint density at radius 3 is 1.81 bits per heavy atom. The first-order chi connectivity index (χ1) is 9.74. The third-order valence-electron chi connectivity index (χ3n) is 3.97. The summed E-state index contributed by atoms with van der Waals surface area (Å²) >= 11 is 0. The minimum atomic E-state index is -1.12. The summed E-state index contributed by atoms with van der Waals surface area (Å²) in [5.41, 5.74) is 0.570. The van der Waals surface area contributed by atoms with Crippen LogP contribution < -0.4 is 0 Å². The van der Waals surface area contributed by atoms with Crippen LogP contribution in [-0.4, -0.2) is 22.2 Å². The summed E-state index contributed by atoms with van der Waals surface area (Å²) in [6.45, 7) is 10.8. The van der Waals surface area contributed by atoms with Crippen LogP contribution in [0.25, 0.3) is 0 Å². The summed E-state index contributed by atoms with van der Waals surface area (Å²) in [7, 11) is 0. The van der Waals surface area contributed by atoms with Crippen LogP contribution in [0.4, 0.5) is 0 Å². The molecule has 0 spiro atoms. The molecule has 4 heteroatoms. The minimum Gasteiger partial charge on any atom is -0.478 e. The fourth-order valence-corrected chi connectivity index (χ4v) is 1.79. The van der Waals surface area contributed by atoms with Gasteiger partial charge in [0.2, 0.25) is 0 Å². The van der Waals surface area contributed by atoms with Crippen molar-refractivity contribution in [2.75, 3.05) is 0 Å². The first kappa shape index (κ1) is 19.2. The Morgan fingerprint density at radius 1 is 1.00 bits per heavy atom. The van der Waals surface area contributed by atoms with Crippen molar-refractivity contribution in [2.45, 2.75) is 47.5 Å². The molecule has 118 valence electrons. The SMILES string of the molecule is CCC(C)C(C)CC.Cc1ccc(C(=O)O)cc1C(=O)O. The predicted octanol–water partition coefficient (Wildman–Crippen LogP) is 4.47. The van der Waals surface area contributed by atoms with Gasteiger partial charge in [-0.3, -0.25) is 0 Å². The number of benzene rings is 1. The van der Waals surface area contributed by atoms with Crippen LogP contribution in [0.5, 0.6) is 0 Å². The van der Waals surface area contributed by atoms with E-state index in [9.17, 15) is 9.59 Å². The normalized spacial score (nSPS) is 12.8. The molecule has 0 fully saturated rings. The zero-order chi connectivity index (χ0) is 16.6. The van der Waals surface area contributed by atoms with E-state index < -0.39 is 11.9 Å². The number of aryl methyl sites for hydroxylation is 1. The zero-order valence-corrected chi connectivity index (χ0v) is 13.5. The molecule has 1 aromatic carbocycles. The molecule has 21 heavy (non-hydrogen) atoms. The molecule has 0 heterocycles. The Hall–Kier alpha value is -1.84. The molecule has 0 aliphatic carbocycles. The maximum Gasteiger partial charge on any atom is 0.335 e. The number of carboxylic acid groups (broad SMARTS) is 2. The van der Waals surface area contributed by atoms with E-state index >= 15 is 0 Å². The second-order valence-corrected chi connectivity index (χ2v) is 5.41. The average molecular weight is 294 g/mol. The Labute approximate surface area is 126 Å². The molecular formula is C17H26O4. The number of aromatic carboxylic acids is 2. The fraction of sp³-hybridized carbons (Fsp3) is 0.529. The lowest BCUT2D eigenvalue weighted by molar-refractivity contribution is 0.0695. The maximum atomic E-state index is 10.6. The lowest BCUT2D eigenvalue weighted by atomic mass is 9.92. The smallest absolute Gasteiger partial charge is 0.335 e. The molecule has 0 saturated heterocycles. The van der Waals surface area contributed by atoms with E-state index in [2.05, 4.69) is 27.7 Å². The first-order valence-electron chi connectivity index (χ1n) is 7.31. The van der Waals surface area contributed by atoms with Crippen molar-refractivity contribution >= 4 is 11.9 Å². The molecule has 1 rings (SSSR count). The first-order valence-corrected chi connectivity index (χ1v) is 7.31. The highest BCUT2D eigenvalue weighted by Crippen LogP contribution is 2.16. The molecule has 0 radical (unpaired) electrons. The molecule has 0 saturated carbocycles. The van der Waals surface area contributed by atoms with Gasteiger partial charge in [0.15, 0.2) is 0 Å². The van der Waals surface area contributed by atoms with E-state index in [0.717, 1.165) is 17.9 Å². The monoisotopic (exact) mass is 294 g/mol. The molecule has 0 bridgehead atoms. The second-order valence-electron chi connectivity index (χ2n) is 5.41. The molecule has 0 aliphatic heterocycles. The van der Waals surface area contributed by atoms with Gasteiger partial charge in [0.05, 0.1) is 11.1 Å². The molecule has 0 aromatic heterocycles. The van der Waals surface area contributed by atoms with E-state index in [1.165, 1.54) is 25.0 Å². The van der Waals surface area contributed by atoms with E-state index in [1.54, 1.807) is 6.92 Å². The van der Waals surface area contributed by atoms with Gasteiger partial charge >= 0.3 is 11.9 Å². The van der Waals surface area contributed by atoms with Crippen molar-refractivity contribution in [3.63, 3.8) is 0 Å². The van der Waals surface area contributed by atoms with Gasteiger partial charge < -0.3 is 10.2 Å². The summed E-state index contributed by atoms with van der Waals surface area (Å²) in [5, 5.41) is 17.3. The van der Waals surface area contributed by atoms with E-state index in [1.807, 2.05) is 0 Å².